The summed E-state index contributed by atoms with van der Waals surface area (Å²) < 4.78 is 18.3. The molecule has 0 atom stereocenters. The molecule has 0 bridgehead atoms. The van der Waals surface area contributed by atoms with Gasteiger partial charge in [0.05, 0.1) is 0 Å². The average molecular weight is 392 g/mol. The quantitative estimate of drug-likeness (QED) is 0.588. The molecule has 0 saturated heterocycles. The van der Waals surface area contributed by atoms with Gasteiger partial charge >= 0.3 is 0 Å². The first-order valence-electron chi connectivity index (χ1n) is 8.54. The molecule has 3 aromatic rings. The van der Waals surface area contributed by atoms with Gasteiger partial charge in [0.25, 0.3) is 0 Å². The SMILES string of the molecule is N#CCOc1cccc(CNC(=O)/C=C/c2ccc(-c3ccc(F)cc3)s2)c1. The van der Waals surface area contributed by atoms with Crippen LogP contribution in [0, 0.1) is 17.1 Å². The molecule has 28 heavy (non-hydrogen) atoms. The van der Waals surface area contributed by atoms with Crippen molar-refractivity contribution in [2.45, 2.75) is 6.54 Å². The van der Waals surface area contributed by atoms with Gasteiger partial charge in [-0.15, -0.1) is 11.3 Å². The lowest BCUT2D eigenvalue weighted by atomic mass is 10.2. The molecule has 1 heterocycles. The molecule has 4 nitrogen and oxygen atoms in total. The van der Waals surface area contributed by atoms with Gasteiger partial charge in [0.15, 0.2) is 6.61 Å². The van der Waals surface area contributed by atoms with Gasteiger partial charge in [0, 0.05) is 22.4 Å². The fraction of sp³-hybridized carbons (Fsp3) is 0.0909. The van der Waals surface area contributed by atoms with E-state index in [1.807, 2.05) is 30.3 Å². The number of nitrogens with one attached hydrogen (secondary N) is 1. The van der Waals surface area contributed by atoms with E-state index in [1.165, 1.54) is 29.5 Å². The number of hydrogen-bond donors (Lipinski definition) is 1. The summed E-state index contributed by atoms with van der Waals surface area (Å²) in [5.41, 5.74) is 1.82. The molecule has 0 aliphatic rings. The van der Waals surface area contributed by atoms with Crippen molar-refractivity contribution in [3.8, 4) is 22.3 Å². The number of nitrogens with zero attached hydrogens (tertiary/aromatic N) is 1. The monoisotopic (exact) mass is 392 g/mol. The highest BCUT2D eigenvalue weighted by Crippen LogP contribution is 2.28. The molecule has 0 fully saturated rings. The molecule has 0 spiro atoms. The predicted octanol–water partition coefficient (Wildman–Crippen LogP) is 4.79. The molecule has 3 rings (SSSR count). The first kappa shape index (κ1) is 19.3. The molecule has 1 aromatic heterocycles. The number of halogens is 1. The van der Waals surface area contributed by atoms with Gasteiger partial charge in [0.2, 0.25) is 5.91 Å². The second-order valence-corrected chi connectivity index (χ2v) is 6.97. The maximum atomic E-state index is 13.0. The van der Waals surface area contributed by atoms with Crippen LogP contribution in [0.2, 0.25) is 0 Å². The summed E-state index contributed by atoms with van der Waals surface area (Å²) in [4.78, 5) is 14.0. The maximum Gasteiger partial charge on any atom is 0.244 e. The minimum Gasteiger partial charge on any atom is -0.479 e. The number of hydrogen-bond acceptors (Lipinski definition) is 4. The number of ether oxygens (including phenoxy) is 1. The average Bonchev–Trinajstić information content (AvgIpc) is 3.19. The fourth-order valence-corrected chi connectivity index (χ4v) is 3.39. The Hall–Kier alpha value is -3.43. The lowest BCUT2D eigenvalue weighted by molar-refractivity contribution is -0.116. The van der Waals surface area contributed by atoms with E-state index in [2.05, 4.69) is 5.32 Å². The van der Waals surface area contributed by atoms with E-state index in [1.54, 1.807) is 30.3 Å². The lowest BCUT2D eigenvalue weighted by Crippen LogP contribution is -2.20. The third-order valence-electron chi connectivity index (χ3n) is 3.82. The normalized spacial score (nSPS) is 10.6. The van der Waals surface area contributed by atoms with Gasteiger partial charge in [-0.25, -0.2) is 4.39 Å². The smallest absolute Gasteiger partial charge is 0.244 e. The van der Waals surface area contributed by atoms with Crippen molar-refractivity contribution < 1.29 is 13.9 Å². The molecular formula is C22H17FN2O2S. The summed E-state index contributed by atoms with van der Waals surface area (Å²) in [5, 5.41) is 11.4. The summed E-state index contributed by atoms with van der Waals surface area (Å²) in [5.74, 6) is 0.120. The number of carbonyl (C=O) groups is 1. The Bertz CT molecular complexity index is 1020. The maximum absolute atomic E-state index is 13.0. The number of rotatable bonds is 7. The standard InChI is InChI=1S/C22H17FN2O2S/c23-18-6-4-17(5-7-18)21-10-8-20(28-21)9-11-22(26)25-15-16-2-1-3-19(14-16)27-13-12-24/h1-11,14H,13,15H2,(H,25,26)/b11-9+. The second kappa shape index (κ2) is 9.49. The highest BCUT2D eigenvalue weighted by molar-refractivity contribution is 7.16. The Morgan fingerprint density at radius 3 is 2.79 bits per heavy atom. The van der Waals surface area contributed by atoms with Gasteiger partial charge in [-0.05, 0) is 53.6 Å². The number of amides is 1. The summed E-state index contributed by atoms with van der Waals surface area (Å²) in [7, 11) is 0. The van der Waals surface area contributed by atoms with Crippen LogP contribution in [0.15, 0.2) is 66.7 Å². The van der Waals surface area contributed by atoms with Crippen molar-refractivity contribution in [2.24, 2.45) is 0 Å². The van der Waals surface area contributed by atoms with Crippen molar-refractivity contribution in [2.75, 3.05) is 6.61 Å². The Labute approximate surface area is 166 Å². The molecule has 0 radical (unpaired) electrons. The van der Waals surface area contributed by atoms with E-state index in [0.29, 0.717) is 12.3 Å². The molecule has 0 saturated carbocycles. The van der Waals surface area contributed by atoms with Gasteiger partial charge in [-0.2, -0.15) is 5.26 Å². The zero-order valence-electron chi connectivity index (χ0n) is 14.9. The van der Waals surface area contributed by atoms with Crippen LogP contribution in [-0.4, -0.2) is 12.5 Å². The summed E-state index contributed by atoms with van der Waals surface area (Å²) in [6.45, 7) is 0.345. The third-order valence-corrected chi connectivity index (χ3v) is 4.92. The largest absolute Gasteiger partial charge is 0.479 e. The first-order valence-corrected chi connectivity index (χ1v) is 9.36. The molecule has 0 unspecified atom stereocenters. The van der Waals surface area contributed by atoms with Gasteiger partial charge in [0.1, 0.15) is 17.6 Å². The number of thiophene rings is 1. The van der Waals surface area contributed by atoms with E-state index < -0.39 is 0 Å². The van der Waals surface area contributed by atoms with Crippen molar-refractivity contribution in [3.05, 3.63) is 83.0 Å². The molecule has 6 heteroatoms. The molecule has 2 aromatic carbocycles. The topological polar surface area (TPSA) is 62.1 Å². The van der Waals surface area contributed by atoms with Crippen LogP contribution in [0.25, 0.3) is 16.5 Å². The van der Waals surface area contributed by atoms with Crippen molar-refractivity contribution >= 4 is 23.3 Å². The van der Waals surface area contributed by atoms with Crippen molar-refractivity contribution in [1.29, 1.82) is 5.26 Å². The summed E-state index contributed by atoms with van der Waals surface area (Å²) in [6, 6.07) is 19.3. The van der Waals surface area contributed by atoms with Gasteiger partial charge in [-0.3, -0.25) is 4.79 Å². The van der Waals surface area contributed by atoms with Crippen LogP contribution in [-0.2, 0) is 11.3 Å². The van der Waals surface area contributed by atoms with Crippen LogP contribution in [0.1, 0.15) is 10.4 Å². The van der Waals surface area contributed by atoms with Crippen LogP contribution in [0.4, 0.5) is 4.39 Å². The lowest BCUT2D eigenvalue weighted by Gasteiger charge is -2.05. The van der Waals surface area contributed by atoms with E-state index in [-0.39, 0.29) is 18.3 Å². The highest BCUT2D eigenvalue weighted by Gasteiger charge is 2.03. The Morgan fingerprint density at radius 2 is 2.00 bits per heavy atom. The Morgan fingerprint density at radius 1 is 1.18 bits per heavy atom. The van der Waals surface area contributed by atoms with Crippen LogP contribution in [0.3, 0.4) is 0 Å². The molecule has 1 amide bonds. The minimum atomic E-state index is -0.265. The summed E-state index contributed by atoms with van der Waals surface area (Å²) in [6.07, 6.45) is 3.23. The predicted molar refractivity (Wildman–Crippen MR) is 108 cm³/mol. The molecule has 140 valence electrons. The summed E-state index contributed by atoms with van der Waals surface area (Å²) >= 11 is 1.53. The van der Waals surface area contributed by atoms with Crippen molar-refractivity contribution in [3.63, 3.8) is 0 Å². The zero-order chi connectivity index (χ0) is 19.8. The minimum absolute atomic E-state index is 0.0146. The fourth-order valence-electron chi connectivity index (χ4n) is 2.48. The molecular weight excluding hydrogens is 375 g/mol. The van der Waals surface area contributed by atoms with Gasteiger partial charge in [-0.1, -0.05) is 24.3 Å². The van der Waals surface area contributed by atoms with E-state index in [9.17, 15) is 9.18 Å². The van der Waals surface area contributed by atoms with E-state index >= 15 is 0 Å². The van der Waals surface area contributed by atoms with Crippen LogP contribution in [0.5, 0.6) is 5.75 Å². The first-order chi connectivity index (χ1) is 13.6. The second-order valence-electron chi connectivity index (χ2n) is 5.85. The van der Waals surface area contributed by atoms with Crippen molar-refractivity contribution in [1.82, 2.24) is 5.32 Å². The van der Waals surface area contributed by atoms with E-state index in [0.717, 1.165) is 20.9 Å². The third kappa shape index (κ3) is 5.53. The van der Waals surface area contributed by atoms with Gasteiger partial charge < -0.3 is 10.1 Å². The number of benzene rings is 2. The van der Waals surface area contributed by atoms with Crippen LogP contribution < -0.4 is 10.1 Å². The zero-order valence-corrected chi connectivity index (χ0v) is 15.7. The van der Waals surface area contributed by atoms with E-state index in [4.69, 9.17) is 10.00 Å². The molecule has 1 N–H and O–H groups in total. The molecule has 0 aliphatic heterocycles. The Kier molecular flexibility index (Phi) is 6.55. The highest BCUT2D eigenvalue weighted by atomic mass is 32.1. The number of nitriles is 1. The Balaban J connectivity index is 1.54. The van der Waals surface area contributed by atoms with Crippen LogP contribution >= 0.6 is 11.3 Å². The number of carbonyl (C=O) groups excluding carboxylic acids is 1. The molecule has 0 aliphatic carbocycles.